The van der Waals surface area contributed by atoms with Crippen molar-refractivity contribution in [3.63, 3.8) is 0 Å². The van der Waals surface area contributed by atoms with E-state index in [-0.39, 0.29) is 11.8 Å². The fourth-order valence-corrected chi connectivity index (χ4v) is 4.35. The Morgan fingerprint density at radius 1 is 1.14 bits per heavy atom. The third-order valence-corrected chi connectivity index (χ3v) is 5.95. The molecule has 1 N–H and O–H groups in total. The number of hydrogen-bond donors (Lipinski definition) is 1. The van der Waals surface area contributed by atoms with Crippen LogP contribution in [0, 0.1) is 5.92 Å². The molecule has 0 spiro atoms. The molecule has 1 saturated heterocycles. The zero-order valence-corrected chi connectivity index (χ0v) is 16.5. The summed E-state index contributed by atoms with van der Waals surface area (Å²) in [7, 11) is 0. The molecule has 4 aromatic rings. The topological polar surface area (TPSA) is 75.9 Å². The number of nitrogens with zero attached hydrogens (tertiary/aromatic N) is 5. The van der Waals surface area contributed by atoms with Gasteiger partial charge in [-0.15, -0.1) is 11.3 Å². The summed E-state index contributed by atoms with van der Waals surface area (Å²) in [4.78, 5) is 27.9. The van der Waals surface area contributed by atoms with Gasteiger partial charge in [-0.1, -0.05) is 18.2 Å². The van der Waals surface area contributed by atoms with Gasteiger partial charge in [0.2, 0.25) is 5.91 Å². The van der Waals surface area contributed by atoms with Gasteiger partial charge in [0, 0.05) is 36.9 Å². The van der Waals surface area contributed by atoms with E-state index in [0.29, 0.717) is 11.7 Å². The Balaban J connectivity index is 1.37. The predicted molar refractivity (Wildman–Crippen MR) is 115 cm³/mol. The second-order valence-electron chi connectivity index (χ2n) is 7.09. The normalized spacial score (nSPS) is 16.8. The third-order valence-electron chi connectivity index (χ3n) is 5.26. The number of piperidine rings is 1. The van der Waals surface area contributed by atoms with Crippen molar-refractivity contribution in [3.8, 4) is 5.82 Å². The Morgan fingerprint density at radius 2 is 2.03 bits per heavy atom. The number of rotatable bonds is 4. The summed E-state index contributed by atoms with van der Waals surface area (Å²) < 4.78 is 2.07. The first kappa shape index (κ1) is 17.8. The molecule has 3 aromatic heterocycles. The van der Waals surface area contributed by atoms with Gasteiger partial charge in [-0.05, 0) is 30.4 Å². The zero-order valence-electron chi connectivity index (χ0n) is 15.7. The second kappa shape index (κ2) is 7.63. The Morgan fingerprint density at radius 3 is 2.93 bits per heavy atom. The number of para-hydroxylation sites is 1. The van der Waals surface area contributed by atoms with Crippen LogP contribution in [0.4, 0.5) is 10.9 Å². The number of amides is 1. The van der Waals surface area contributed by atoms with Crippen molar-refractivity contribution in [2.24, 2.45) is 5.92 Å². The molecule has 1 atom stereocenters. The zero-order chi connectivity index (χ0) is 19.6. The molecule has 8 heteroatoms. The van der Waals surface area contributed by atoms with E-state index in [1.807, 2.05) is 29.8 Å². The standard InChI is InChI=1S/C21H20N6OS/c28-20(25-21-22-8-11-29-21)16-5-3-9-26(13-16)18-12-19(24-14-23-18)27-10-7-15-4-1-2-6-17(15)27/h1-2,4,6-8,10-12,14,16H,3,5,9,13H2,(H,22,25,28). The summed E-state index contributed by atoms with van der Waals surface area (Å²) in [5.74, 6) is 1.61. The molecule has 0 aliphatic carbocycles. The van der Waals surface area contributed by atoms with Crippen LogP contribution in [-0.2, 0) is 4.79 Å². The highest BCUT2D eigenvalue weighted by atomic mass is 32.1. The lowest BCUT2D eigenvalue weighted by atomic mass is 9.97. The number of thiazole rings is 1. The average Bonchev–Trinajstić information content (AvgIpc) is 3.44. The van der Waals surface area contributed by atoms with E-state index in [9.17, 15) is 4.79 Å². The maximum Gasteiger partial charge on any atom is 0.231 e. The fourth-order valence-electron chi connectivity index (χ4n) is 3.82. The highest BCUT2D eigenvalue weighted by Crippen LogP contribution is 2.25. The van der Waals surface area contributed by atoms with Gasteiger partial charge in [0.15, 0.2) is 5.13 Å². The number of fused-ring (bicyclic) bond motifs is 1. The molecule has 29 heavy (non-hydrogen) atoms. The summed E-state index contributed by atoms with van der Waals surface area (Å²) in [6, 6.07) is 12.3. The van der Waals surface area contributed by atoms with Crippen LogP contribution in [0.15, 0.2) is 60.5 Å². The average molecular weight is 404 g/mol. The highest BCUT2D eigenvalue weighted by molar-refractivity contribution is 7.13. The molecule has 1 aromatic carbocycles. The molecule has 1 aliphatic heterocycles. The van der Waals surface area contributed by atoms with Crippen molar-refractivity contribution in [2.45, 2.75) is 12.8 Å². The van der Waals surface area contributed by atoms with Gasteiger partial charge in [-0.3, -0.25) is 4.79 Å². The molecule has 0 radical (unpaired) electrons. The van der Waals surface area contributed by atoms with Gasteiger partial charge in [0.25, 0.3) is 0 Å². The van der Waals surface area contributed by atoms with Crippen molar-refractivity contribution in [2.75, 3.05) is 23.3 Å². The van der Waals surface area contributed by atoms with E-state index in [1.54, 1.807) is 12.5 Å². The predicted octanol–water partition coefficient (Wildman–Crippen LogP) is 3.73. The van der Waals surface area contributed by atoms with Gasteiger partial charge in [-0.25, -0.2) is 15.0 Å². The summed E-state index contributed by atoms with van der Waals surface area (Å²) >= 11 is 1.43. The summed E-state index contributed by atoms with van der Waals surface area (Å²) in [6.45, 7) is 1.52. The lowest BCUT2D eigenvalue weighted by Gasteiger charge is -2.32. The monoisotopic (exact) mass is 404 g/mol. The van der Waals surface area contributed by atoms with Gasteiger partial charge >= 0.3 is 0 Å². The van der Waals surface area contributed by atoms with Gasteiger partial charge in [0.1, 0.15) is 18.0 Å². The molecule has 1 fully saturated rings. The van der Waals surface area contributed by atoms with Crippen LogP contribution < -0.4 is 10.2 Å². The highest BCUT2D eigenvalue weighted by Gasteiger charge is 2.27. The number of benzene rings is 1. The molecular formula is C21H20N6OS. The first-order valence-electron chi connectivity index (χ1n) is 9.62. The maximum absolute atomic E-state index is 12.6. The number of anilines is 2. The molecule has 5 rings (SSSR count). The summed E-state index contributed by atoms with van der Waals surface area (Å²) in [5, 5.41) is 6.60. The van der Waals surface area contributed by atoms with Crippen molar-refractivity contribution in [1.29, 1.82) is 0 Å². The van der Waals surface area contributed by atoms with Gasteiger partial charge in [-0.2, -0.15) is 0 Å². The molecule has 0 saturated carbocycles. The minimum atomic E-state index is -0.0847. The number of hydrogen-bond acceptors (Lipinski definition) is 6. The molecule has 0 bridgehead atoms. The van der Waals surface area contributed by atoms with Gasteiger partial charge in [0.05, 0.1) is 11.4 Å². The smallest absolute Gasteiger partial charge is 0.231 e. The minimum absolute atomic E-state index is 0.0235. The first-order valence-corrected chi connectivity index (χ1v) is 10.5. The fraction of sp³-hybridized carbons (Fsp3) is 0.238. The van der Waals surface area contributed by atoms with Crippen LogP contribution >= 0.6 is 11.3 Å². The largest absolute Gasteiger partial charge is 0.356 e. The van der Waals surface area contributed by atoms with Crippen molar-refractivity contribution < 1.29 is 4.79 Å². The van der Waals surface area contributed by atoms with E-state index in [2.05, 4.69) is 47.9 Å². The van der Waals surface area contributed by atoms with Crippen molar-refractivity contribution >= 4 is 39.1 Å². The lowest BCUT2D eigenvalue weighted by Crippen LogP contribution is -2.41. The Labute approximate surface area is 172 Å². The molecule has 1 unspecified atom stereocenters. The van der Waals surface area contributed by atoms with Crippen LogP contribution in [0.25, 0.3) is 16.7 Å². The van der Waals surface area contributed by atoms with E-state index in [4.69, 9.17) is 0 Å². The first-order chi connectivity index (χ1) is 14.3. The summed E-state index contributed by atoms with van der Waals surface area (Å²) in [6.07, 6.45) is 7.13. The molecule has 1 amide bonds. The Kier molecular flexibility index (Phi) is 4.69. The van der Waals surface area contributed by atoms with Crippen molar-refractivity contribution in [3.05, 3.63) is 60.5 Å². The van der Waals surface area contributed by atoms with Crippen molar-refractivity contribution in [1.82, 2.24) is 19.5 Å². The molecule has 7 nitrogen and oxygen atoms in total. The molecule has 4 heterocycles. The third kappa shape index (κ3) is 3.58. The number of nitrogens with one attached hydrogen (secondary N) is 1. The van der Waals surface area contributed by atoms with Crippen LogP contribution in [0.5, 0.6) is 0 Å². The van der Waals surface area contributed by atoms with E-state index in [0.717, 1.165) is 36.5 Å². The SMILES string of the molecule is O=C(Nc1nccs1)C1CCCN(c2cc(-n3ccc4ccccc43)ncn2)C1. The van der Waals surface area contributed by atoms with E-state index < -0.39 is 0 Å². The molecule has 1 aliphatic rings. The van der Waals surface area contributed by atoms with Crippen LogP contribution in [-0.4, -0.2) is 38.5 Å². The van der Waals surface area contributed by atoms with Crippen LogP contribution in [0.2, 0.25) is 0 Å². The quantitative estimate of drug-likeness (QED) is 0.561. The summed E-state index contributed by atoms with van der Waals surface area (Å²) in [5.41, 5.74) is 1.11. The van der Waals surface area contributed by atoms with E-state index in [1.165, 1.54) is 16.7 Å². The second-order valence-corrected chi connectivity index (χ2v) is 7.99. The van der Waals surface area contributed by atoms with Gasteiger partial charge < -0.3 is 14.8 Å². The Bertz CT molecular complexity index is 1140. The number of aromatic nitrogens is 4. The lowest BCUT2D eigenvalue weighted by molar-refractivity contribution is -0.120. The van der Waals surface area contributed by atoms with Crippen LogP contribution in [0.3, 0.4) is 0 Å². The minimum Gasteiger partial charge on any atom is -0.356 e. The maximum atomic E-state index is 12.6. The Hall–Kier alpha value is -3.26. The molecular weight excluding hydrogens is 384 g/mol. The van der Waals surface area contributed by atoms with Crippen LogP contribution in [0.1, 0.15) is 12.8 Å². The van der Waals surface area contributed by atoms with E-state index >= 15 is 0 Å². The number of carbonyl (C=O) groups excluding carboxylic acids is 1. The molecule has 146 valence electrons. The number of carbonyl (C=O) groups is 1.